The molecule has 6 atom stereocenters. The number of nitrogens with one attached hydrogen (secondary N) is 4. The average molecular weight is 857 g/mol. The van der Waals surface area contributed by atoms with Crippen LogP contribution in [0.2, 0.25) is 0 Å². The van der Waals surface area contributed by atoms with Gasteiger partial charge in [0.1, 0.15) is 23.7 Å². The summed E-state index contributed by atoms with van der Waals surface area (Å²) >= 11 is 0. The summed E-state index contributed by atoms with van der Waals surface area (Å²) in [6.45, 7) is 5.57. The van der Waals surface area contributed by atoms with Gasteiger partial charge in [-0.25, -0.2) is 19.6 Å². The maximum absolute atomic E-state index is 14.0. The highest BCUT2D eigenvalue weighted by molar-refractivity contribution is 5.91. The summed E-state index contributed by atoms with van der Waals surface area (Å²) in [6.07, 6.45) is 8.40. The summed E-state index contributed by atoms with van der Waals surface area (Å²) in [4.78, 5) is 72.9. The van der Waals surface area contributed by atoms with Gasteiger partial charge >= 0.3 is 12.2 Å². The van der Waals surface area contributed by atoms with Gasteiger partial charge in [-0.2, -0.15) is 0 Å². The number of H-pyrrole nitrogens is 2. The first-order valence-corrected chi connectivity index (χ1v) is 22.2. The lowest BCUT2D eigenvalue weighted by Crippen LogP contribution is -2.54. The summed E-state index contributed by atoms with van der Waals surface area (Å²) in [5, 5.41) is 7.78. The van der Waals surface area contributed by atoms with E-state index in [1.54, 1.807) is 0 Å². The van der Waals surface area contributed by atoms with Crippen molar-refractivity contribution in [3.05, 3.63) is 84.7 Å². The molecule has 4 fully saturated rings. The molecule has 1 aliphatic carbocycles. The third-order valence-corrected chi connectivity index (χ3v) is 13.7. The zero-order valence-electron chi connectivity index (χ0n) is 36.3. The van der Waals surface area contributed by atoms with Crippen LogP contribution in [0.3, 0.4) is 0 Å². The predicted octanol–water partition coefficient (Wildman–Crippen LogP) is 7.53. The molecule has 4 aliphatic rings. The first kappa shape index (κ1) is 42.1. The standard InChI is InChI=1S/C48H56N8O7/c1-27(2)40(53-47(59)61-3)46(58)56-36-16-15-35(24-36)42(56)44-50-25-37(52-44)29-9-7-28(8-10-29)31-11-12-33-23-34(14-13-32(33)22-31)38-26-49-43(51-38)39-6-5-19-55(39)45(57)41(54-48(60)62-4)30-17-20-63-21-18-30/h7-14,22-23,25-27,30,35-36,39-42H,5-6,15-21,24H2,1-4H3,(H,49,51)(H,50,52)(H,53,59)(H,54,60)/t35-,36-,39?,40+,41+,42+/m1/s1. The molecular weight excluding hydrogens is 801 g/mol. The molecule has 5 aromatic rings. The van der Waals surface area contributed by atoms with Crippen LogP contribution < -0.4 is 10.6 Å². The second kappa shape index (κ2) is 17.9. The van der Waals surface area contributed by atoms with Gasteiger partial charge in [0.25, 0.3) is 0 Å². The molecule has 2 bridgehead atoms. The number of nitrogens with zero attached hydrogens (tertiary/aromatic N) is 4. The molecule has 0 spiro atoms. The van der Waals surface area contributed by atoms with Crippen molar-refractivity contribution in [2.45, 2.75) is 89.0 Å². The summed E-state index contributed by atoms with van der Waals surface area (Å²) in [7, 11) is 2.62. The number of ether oxygens (including phenoxy) is 3. The fourth-order valence-electron chi connectivity index (χ4n) is 10.3. The maximum Gasteiger partial charge on any atom is 0.407 e. The zero-order chi connectivity index (χ0) is 43.8. The van der Waals surface area contributed by atoms with Gasteiger partial charge < -0.3 is 44.6 Å². The zero-order valence-corrected chi connectivity index (χ0v) is 36.3. The molecule has 9 rings (SSSR count). The Morgan fingerprint density at radius 3 is 2.06 bits per heavy atom. The number of hydrogen-bond donors (Lipinski definition) is 4. The Bertz CT molecular complexity index is 2480. The quantitative estimate of drug-likeness (QED) is 0.104. The molecule has 3 aliphatic heterocycles. The highest BCUT2D eigenvalue weighted by Gasteiger charge is 2.51. The van der Waals surface area contributed by atoms with E-state index in [1.165, 1.54) is 14.2 Å². The van der Waals surface area contributed by atoms with Crippen molar-refractivity contribution in [3.8, 4) is 33.6 Å². The topological polar surface area (TPSA) is 184 Å². The van der Waals surface area contributed by atoms with Crippen molar-refractivity contribution < 1.29 is 33.4 Å². The smallest absolute Gasteiger partial charge is 0.407 e. The molecule has 0 radical (unpaired) electrons. The molecule has 2 aromatic heterocycles. The lowest BCUT2D eigenvalue weighted by molar-refractivity contribution is -0.139. The van der Waals surface area contributed by atoms with Crippen molar-refractivity contribution in [1.82, 2.24) is 40.4 Å². The minimum atomic E-state index is -0.684. The van der Waals surface area contributed by atoms with Crippen LogP contribution >= 0.6 is 0 Å². The summed E-state index contributed by atoms with van der Waals surface area (Å²) < 4.78 is 15.2. The Morgan fingerprint density at radius 1 is 0.730 bits per heavy atom. The minimum absolute atomic E-state index is 0.0274. The first-order valence-electron chi connectivity index (χ1n) is 22.2. The number of fused-ring (bicyclic) bond motifs is 3. The number of aromatic amines is 2. The predicted molar refractivity (Wildman–Crippen MR) is 236 cm³/mol. The van der Waals surface area contributed by atoms with E-state index < -0.39 is 24.3 Å². The lowest BCUT2D eigenvalue weighted by atomic mass is 9.90. The molecule has 63 heavy (non-hydrogen) atoms. The first-order chi connectivity index (χ1) is 30.6. The molecule has 4 N–H and O–H groups in total. The number of imidazole rings is 2. The van der Waals surface area contributed by atoms with E-state index in [-0.39, 0.29) is 41.8 Å². The monoisotopic (exact) mass is 856 g/mol. The van der Waals surface area contributed by atoms with Gasteiger partial charge in [0.15, 0.2) is 0 Å². The van der Waals surface area contributed by atoms with E-state index >= 15 is 0 Å². The SMILES string of the molecule is COC(=O)N[C@H](C(=O)N1[C@@H]2CC[C@H](C2)[C@H]1c1ncc(-c2ccc(-c3ccc4cc(-c5cnc(C6CCCN6C(=O)[C@@H](NC(=O)OC)C6CCOCC6)[nH]5)ccc4c3)cc2)[nH]1)C(C)C. The maximum atomic E-state index is 14.0. The number of amides is 4. The van der Waals surface area contributed by atoms with E-state index in [1.807, 2.05) is 36.0 Å². The summed E-state index contributed by atoms with van der Waals surface area (Å²) in [5.41, 5.74) is 5.93. The fourth-order valence-corrected chi connectivity index (χ4v) is 10.3. The number of carbonyl (C=O) groups is 4. The molecular formula is C48H56N8O7. The highest BCUT2D eigenvalue weighted by atomic mass is 16.5. The second-order valence-electron chi connectivity index (χ2n) is 17.7. The number of aromatic nitrogens is 4. The summed E-state index contributed by atoms with van der Waals surface area (Å²) in [5.74, 6) is 1.49. The second-order valence-corrected chi connectivity index (χ2v) is 17.7. The third-order valence-electron chi connectivity index (χ3n) is 13.7. The van der Waals surface area contributed by atoms with Crippen molar-refractivity contribution in [2.24, 2.45) is 17.8 Å². The molecule has 3 saturated heterocycles. The van der Waals surface area contributed by atoms with Gasteiger partial charge in [0.05, 0.1) is 50.1 Å². The molecule has 330 valence electrons. The Hall–Kier alpha value is -6.22. The van der Waals surface area contributed by atoms with Crippen LogP contribution in [-0.4, -0.2) is 106 Å². The number of piperidine rings is 1. The Kier molecular flexibility index (Phi) is 11.9. The van der Waals surface area contributed by atoms with Gasteiger partial charge in [-0.3, -0.25) is 9.59 Å². The van der Waals surface area contributed by atoms with Crippen LogP contribution in [0.1, 0.15) is 82.5 Å². The van der Waals surface area contributed by atoms with Crippen LogP contribution in [0.5, 0.6) is 0 Å². The third kappa shape index (κ3) is 8.38. The summed E-state index contributed by atoms with van der Waals surface area (Å²) in [6, 6.07) is 19.6. The van der Waals surface area contributed by atoms with Crippen LogP contribution in [0, 0.1) is 17.8 Å². The van der Waals surface area contributed by atoms with Crippen LogP contribution in [0.15, 0.2) is 73.1 Å². The van der Waals surface area contributed by atoms with Crippen LogP contribution in [-0.2, 0) is 23.8 Å². The van der Waals surface area contributed by atoms with E-state index in [2.05, 4.69) is 81.3 Å². The largest absolute Gasteiger partial charge is 0.453 e. The van der Waals surface area contributed by atoms with Gasteiger partial charge in [-0.05, 0) is 102 Å². The molecule has 1 unspecified atom stereocenters. The van der Waals surface area contributed by atoms with E-state index in [9.17, 15) is 19.2 Å². The minimum Gasteiger partial charge on any atom is -0.453 e. The molecule has 1 saturated carbocycles. The normalized spacial score (nSPS) is 22.0. The Morgan fingerprint density at radius 2 is 1.35 bits per heavy atom. The van der Waals surface area contributed by atoms with Gasteiger partial charge in [-0.1, -0.05) is 62.4 Å². The highest BCUT2D eigenvalue weighted by Crippen LogP contribution is 2.50. The van der Waals surface area contributed by atoms with E-state index in [4.69, 9.17) is 24.2 Å². The lowest BCUT2D eigenvalue weighted by Gasteiger charge is -2.37. The van der Waals surface area contributed by atoms with Crippen molar-refractivity contribution >= 4 is 34.8 Å². The van der Waals surface area contributed by atoms with Gasteiger partial charge in [0.2, 0.25) is 11.8 Å². The molecule has 15 nitrogen and oxygen atoms in total. The number of carbonyl (C=O) groups excluding carboxylic acids is 4. The average Bonchev–Trinajstić information content (AvgIpc) is 4.18. The van der Waals surface area contributed by atoms with Gasteiger partial charge in [-0.15, -0.1) is 0 Å². The van der Waals surface area contributed by atoms with Crippen LogP contribution in [0.25, 0.3) is 44.4 Å². The van der Waals surface area contributed by atoms with E-state index in [0.717, 1.165) is 88.2 Å². The van der Waals surface area contributed by atoms with E-state index in [0.29, 0.717) is 38.5 Å². The Labute approximate surface area is 366 Å². The molecule has 5 heterocycles. The number of rotatable bonds is 11. The van der Waals surface area contributed by atoms with Crippen LogP contribution in [0.4, 0.5) is 9.59 Å². The number of alkyl carbamates (subject to hydrolysis) is 2. The number of hydrogen-bond acceptors (Lipinski definition) is 9. The Balaban J connectivity index is 0.878. The number of methoxy groups -OCH3 is 2. The van der Waals surface area contributed by atoms with Gasteiger partial charge in [0, 0.05) is 31.4 Å². The van der Waals surface area contributed by atoms with Crippen molar-refractivity contribution in [1.29, 1.82) is 0 Å². The van der Waals surface area contributed by atoms with Crippen molar-refractivity contribution in [3.63, 3.8) is 0 Å². The molecule has 4 amide bonds. The molecule has 3 aromatic carbocycles. The number of benzene rings is 3. The fraction of sp³-hybridized carbons (Fsp3) is 0.458. The number of likely N-dealkylation sites (tertiary alicyclic amines) is 2. The van der Waals surface area contributed by atoms with Crippen molar-refractivity contribution in [2.75, 3.05) is 34.0 Å². The molecule has 15 heteroatoms.